The molecular formula is C22H19N2OP. The van der Waals surface area contributed by atoms with Gasteiger partial charge in [0.1, 0.15) is 5.75 Å². The van der Waals surface area contributed by atoms with Gasteiger partial charge in [0, 0.05) is 23.0 Å². The Labute approximate surface area is 154 Å². The summed E-state index contributed by atoms with van der Waals surface area (Å²) in [6.07, 6.45) is 3.76. The van der Waals surface area contributed by atoms with Crippen molar-refractivity contribution in [3.63, 3.8) is 0 Å². The highest BCUT2D eigenvalue weighted by atomic mass is 31.1. The number of hydrogen-bond acceptors (Lipinski definition) is 2. The van der Waals surface area contributed by atoms with Crippen LogP contribution in [0.3, 0.4) is 0 Å². The minimum absolute atomic E-state index is 0.735. The molecule has 0 aliphatic carbocycles. The summed E-state index contributed by atoms with van der Waals surface area (Å²) in [4.78, 5) is 0. The molecule has 0 unspecified atom stereocenters. The average molecular weight is 358 g/mol. The highest BCUT2D eigenvalue weighted by Gasteiger charge is 2.16. The summed E-state index contributed by atoms with van der Waals surface area (Å²) in [5.41, 5.74) is 1.17. The van der Waals surface area contributed by atoms with Crippen LogP contribution in [0.15, 0.2) is 103 Å². The van der Waals surface area contributed by atoms with Crippen LogP contribution in [0.25, 0.3) is 0 Å². The SMILES string of the molecule is c1ccc(P(Oc2cccc(Cn3cccn3)c2)c2ccccc2)cc1. The van der Waals surface area contributed by atoms with Crippen molar-refractivity contribution in [1.29, 1.82) is 0 Å². The lowest BCUT2D eigenvalue weighted by molar-refractivity contribution is 0.624. The minimum Gasteiger partial charge on any atom is -0.464 e. The minimum atomic E-state index is -0.912. The van der Waals surface area contributed by atoms with E-state index in [0.717, 1.165) is 12.3 Å². The maximum absolute atomic E-state index is 6.48. The van der Waals surface area contributed by atoms with Gasteiger partial charge in [0.25, 0.3) is 0 Å². The Hall–Kier alpha value is -2.90. The van der Waals surface area contributed by atoms with Crippen LogP contribution in [0.4, 0.5) is 0 Å². The number of benzene rings is 3. The van der Waals surface area contributed by atoms with Crippen molar-refractivity contribution in [2.75, 3.05) is 0 Å². The van der Waals surface area contributed by atoms with Crippen molar-refractivity contribution in [3.8, 4) is 5.75 Å². The predicted molar refractivity (Wildman–Crippen MR) is 107 cm³/mol. The molecule has 0 aliphatic rings. The highest BCUT2D eigenvalue weighted by molar-refractivity contribution is 7.68. The first-order valence-corrected chi connectivity index (χ1v) is 9.79. The molecule has 4 rings (SSSR count). The van der Waals surface area contributed by atoms with E-state index in [1.165, 1.54) is 16.2 Å². The molecular weight excluding hydrogens is 339 g/mol. The zero-order chi connectivity index (χ0) is 17.6. The van der Waals surface area contributed by atoms with Crippen molar-refractivity contribution in [1.82, 2.24) is 9.78 Å². The summed E-state index contributed by atoms with van der Waals surface area (Å²) < 4.78 is 8.39. The van der Waals surface area contributed by atoms with Gasteiger partial charge in [0.05, 0.1) is 6.54 Å². The predicted octanol–water partition coefficient (Wildman–Crippen LogP) is 4.36. The largest absolute Gasteiger partial charge is 0.464 e. The third-order valence-electron chi connectivity index (χ3n) is 3.98. The maximum Gasteiger partial charge on any atom is 0.150 e. The zero-order valence-electron chi connectivity index (χ0n) is 14.3. The molecule has 0 amide bonds. The van der Waals surface area contributed by atoms with Crippen molar-refractivity contribution >= 4 is 18.8 Å². The molecule has 0 bridgehead atoms. The summed E-state index contributed by atoms with van der Waals surface area (Å²) in [5.74, 6) is 0.883. The van der Waals surface area contributed by atoms with Crippen molar-refractivity contribution in [2.24, 2.45) is 0 Å². The molecule has 0 radical (unpaired) electrons. The molecule has 4 heteroatoms. The van der Waals surface area contributed by atoms with E-state index in [0.29, 0.717) is 0 Å². The molecule has 3 aromatic carbocycles. The van der Waals surface area contributed by atoms with E-state index in [9.17, 15) is 0 Å². The number of nitrogens with zero attached hydrogens (tertiary/aromatic N) is 2. The summed E-state index contributed by atoms with van der Waals surface area (Å²) in [6.45, 7) is 0.735. The second-order valence-corrected chi connectivity index (χ2v) is 7.71. The van der Waals surface area contributed by atoms with Crippen molar-refractivity contribution in [3.05, 3.63) is 109 Å². The molecule has 0 spiro atoms. The summed E-state index contributed by atoms with van der Waals surface area (Å²) in [7, 11) is -0.912. The lowest BCUT2D eigenvalue weighted by Gasteiger charge is -2.19. The Kier molecular flexibility index (Phi) is 5.09. The normalized spacial score (nSPS) is 10.8. The summed E-state index contributed by atoms with van der Waals surface area (Å²) >= 11 is 0. The molecule has 1 aromatic heterocycles. The van der Waals surface area contributed by atoms with Crippen molar-refractivity contribution < 1.29 is 4.52 Å². The first-order chi connectivity index (χ1) is 12.9. The van der Waals surface area contributed by atoms with E-state index in [1.54, 1.807) is 6.20 Å². The van der Waals surface area contributed by atoms with Gasteiger partial charge in [-0.15, -0.1) is 0 Å². The fraction of sp³-hybridized carbons (Fsp3) is 0.0455. The Morgan fingerprint density at radius 3 is 2.08 bits per heavy atom. The zero-order valence-corrected chi connectivity index (χ0v) is 15.2. The van der Waals surface area contributed by atoms with E-state index in [-0.39, 0.29) is 0 Å². The van der Waals surface area contributed by atoms with E-state index in [2.05, 4.69) is 65.8 Å². The number of hydrogen-bond donors (Lipinski definition) is 0. The lowest BCUT2D eigenvalue weighted by Crippen LogP contribution is -2.15. The van der Waals surface area contributed by atoms with Gasteiger partial charge in [0.15, 0.2) is 8.15 Å². The molecule has 4 aromatic rings. The fourth-order valence-corrected chi connectivity index (χ4v) is 4.49. The first kappa shape index (κ1) is 16.6. The van der Waals surface area contributed by atoms with Crippen LogP contribution >= 0.6 is 8.15 Å². The molecule has 26 heavy (non-hydrogen) atoms. The fourth-order valence-electron chi connectivity index (χ4n) is 2.77. The third kappa shape index (κ3) is 4.01. The monoisotopic (exact) mass is 358 g/mol. The Balaban J connectivity index is 1.62. The maximum atomic E-state index is 6.48. The smallest absolute Gasteiger partial charge is 0.150 e. The van der Waals surface area contributed by atoms with Gasteiger partial charge in [-0.3, -0.25) is 4.68 Å². The van der Waals surface area contributed by atoms with Crippen LogP contribution in [0.5, 0.6) is 5.75 Å². The topological polar surface area (TPSA) is 27.1 Å². The second-order valence-electron chi connectivity index (χ2n) is 5.91. The molecule has 0 saturated carbocycles. The number of rotatable bonds is 6. The van der Waals surface area contributed by atoms with Gasteiger partial charge in [-0.2, -0.15) is 5.10 Å². The molecule has 0 fully saturated rings. The van der Waals surface area contributed by atoms with Crippen LogP contribution in [0.1, 0.15) is 5.56 Å². The Morgan fingerprint density at radius 1 is 0.769 bits per heavy atom. The van der Waals surface area contributed by atoms with E-state index in [1.807, 2.05) is 41.2 Å². The lowest BCUT2D eigenvalue weighted by atomic mass is 10.2. The summed E-state index contributed by atoms with van der Waals surface area (Å²) in [6, 6.07) is 31.0. The average Bonchev–Trinajstić information content (AvgIpc) is 3.21. The molecule has 1 heterocycles. The Bertz CT molecular complexity index is 901. The third-order valence-corrected chi connectivity index (χ3v) is 5.91. The second kappa shape index (κ2) is 7.99. The highest BCUT2D eigenvalue weighted by Crippen LogP contribution is 2.36. The molecule has 3 nitrogen and oxygen atoms in total. The molecule has 0 N–H and O–H groups in total. The molecule has 0 aliphatic heterocycles. The van der Waals surface area contributed by atoms with Gasteiger partial charge in [-0.25, -0.2) is 0 Å². The molecule has 128 valence electrons. The van der Waals surface area contributed by atoms with E-state index >= 15 is 0 Å². The van der Waals surface area contributed by atoms with Gasteiger partial charge in [-0.1, -0.05) is 72.8 Å². The number of aromatic nitrogens is 2. The quantitative estimate of drug-likeness (QED) is 0.479. The van der Waals surface area contributed by atoms with Crippen molar-refractivity contribution in [2.45, 2.75) is 6.54 Å². The van der Waals surface area contributed by atoms with Crippen LogP contribution in [-0.2, 0) is 6.54 Å². The van der Waals surface area contributed by atoms with Crippen LogP contribution in [-0.4, -0.2) is 9.78 Å². The molecule has 0 atom stereocenters. The summed E-state index contributed by atoms with van der Waals surface area (Å²) in [5, 5.41) is 6.68. The van der Waals surface area contributed by atoms with E-state index in [4.69, 9.17) is 4.52 Å². The van der Waals surface area contributed by atoms with Gasteiger partial charge >= 0.3 is 0 Å². The first-order valence-electron chi connectivity index (χ1n) is 8.53. The Morgan fingerprint density at radius 2 is 1.46 bits per heavy atom. The standard InChI is InChI=1S/C22H19N2OP/c1-3-11-21(12-4-1)26(22-13-5-2-6-14-22)25-20-10-7-9-19(17-20)18-24-16-8-15-23-24/h1-17H,18H2. The van der Waals surface area contributed by atoms with Crippen LogP contribution < -0.4 is 15.1 Å². The van der Waals surface area contributed by atoms with Crippen LogP contribution in [0, 0.1) is 0 Å². The van der Waals surface area contributed by atoms with Crippen LogP contribution in [0.2, 0.25) is 0 Å². The molecule has 0 saturated heterocycles. The van der Waals surface area contributed by atoms with Gasteiger partial charge in [0.2, 0.25) is 0 Å². The van der Waals surface area contributed by atoms with Gasteiger partial charge < -0.3 is 4.52 Å². The van der Waals surface area contributed by atoms with E-state index < -0.39 is 8.15 Å². The van der Waals surface area contributed by atoms with Gasteiger partial charge in [-0.05, 0) is 23.8 Å².